The third kappa shape index (κ3) is 6.20. The second-order valence-electron chi connectivity index (χ2n) is 8.34. The number of carbonyl (C=O) groups is 2. The quantitative estimate of drug-likeness (QED) is 0.505. The minimum Gasteiger partial charge on any atom is -0.383 e. The van der Waals surface area contributed by atoms with Gasteiger partial charge < -0.3 is 19.9 Å². The summed E-state index contributed by atoms with van der Waals surface area (Å²) < 4.78 is 7.27. The summed E-state index contributed by atoms with van der Waals surface area (Å²) >= 11 is 0. The van der Waals surface area contributed by atoms with Crippen LogP contribution in [0.3, 0.4) is 0 Å². The lowest BCUT2D eigenvalue weighted by atomic mass is 9.85. The molecule has 7 heteroatoms. The number of aromatic nitrogens is 1. The van der Waals surface area contributed by atoms with Gasteiger partial charge in [0.1, 0.15) is 11.6 Å². The summed E-state index contributed by atoms with van der Waals surface area (Å²) in [5.74, 6) is -0.432. The molecule has 7 nitrogen and oxygen atoms in total. The number of aryl methyl sites for hydroxylation is 1. The summed E-state index contributed by atoms with van der Waals surface area (Å²) in [6.07, 6.45) is 4.79. The molecule has 2 unspecified atom stereocenters. The summed E-state index contributed by atoms with van der Waals surface area (Å²) in [6.45, 7) is 9.17. The van der Waals surface area contributed by atoms with Gasteiger partial charge in [0.15, 0.2) is 0 Å². The second kappa shape index (κ2) is 11.0. The van der Waals surface area contributed by atoms with Crippen molar-refractivity contribution in [1.29, 1.82) is 5.26 Å². The first kappa shape index (κ1) is 23.7. The largest absolute Gasteiger partial charge is 0.383 e. The number of carbonyl (C=O) groups excluding carboxylic acids is 2. The van der Waals surface area contributed by atoms with Gasteiger partial charge >= 0.3 is 0 Å². The lowest BCUT2D eigenvalue weighted by Crippen LogP contribution is -2.44. The van der Waals surface area contributed by atoms with Crippen molar-refractivity contribution in [3.63, 3.8) is 0 Å². The Bertz CT molecular complexity index is 832. The van der Waals surface area contributed by atoms with Gasteiger partial charge in [-0.3, -0.25) is 9.59 Å². The molecule has 2 amide bonds. The van der Waals surface area contributed by atoms with Crippen molar-refractivity contribution in [3.05, 3.63) is 28.6 Å². The van der Waals surface area contributed by atoms with E-state index in [2.05, 4.69) is 15.2 Å². The standard InChI is InChI=1S/C23H34N4O3/c1-15(2)25-22(28)18-7-6-8-21(13-18)26-23(29)20(14-24)12-19-11-16(3)27(17(19)4)9-10-30-5/h11-12,15,18,21H,6-10,13H2,1-5H3,(H,25,28)(H,26,29)/b20-12-. The van der Waals surface area contributed by atoms with Crippen LogP contribution in [0, 0.1) is 31.1 Å². The Hall–Kier alpha value is -2.59. The van der Waals surface area contributed by atoms with Gasteiger partial charge in [0.2, 0.25) is 5.91 Å². The lowest BCUT2D eigenvalue weighted by molar-refractivity contribution is -0.127. The molecule has 0 bridgehead atoms. The minimum absolute atomic E-state index is 0.0449. The maximum atomic E-state index is 12.7. The maximum absolute atomic E-state index is 12.7. The minimum atomic E-state index is -0.380. The predicted octanol–water partition coefficient (Wildman–Crippen LogP) is 2.86. The highest BCUT2D eigenvalue weighted by Gasteiger charge is 2.29. The van der Waals surface area contributed by atoms with Crippen molar-refractivity contribution in [1.82, 2.24) is 15.2 Å². The Morgan fingerprint density at radius 3 is 2.73 bits per heavy atom. The molecule has 164 valence electrons. The molecule has 1 heterocycles. The zero-order valence-corrected chi connectivity index (χ0v) is 18.7. The molecule has 0 spiro atoms. The maximum Gasteiger partial charge on any atom is 0.262 e. The molecule has 1 saturated carbocycles. The van der Waals surface area contributed by atoms with Gasteiger partial charge in [-0.2, -0.15) is 5.26 Å². The average Bonchev–Trinajstić information content (AvgIpc) is 2.96. The van der Waals surface area contributed by atoms with Gasteiger partial charge in [0.05, 0.1) is 6.61 Å². The molecule has 0 radical (unpaired) electrons. The van der Waals surface area contributed by atoms with E-state index in [0.29, 0.717) is 13.0 Å². The van der Waals surface area contributed by atoms with E-state index in [1.165, 1.54) is 0 Å². The Morgan fingerprint density at radius 1 is 1.37 bits per heavy atom. The summed E-state index contributed by atoms with van der Waals surface area (Å²) in [5, 5.41) is 15.5. The molecule has 30 heavy (non-hydrogen) atoms. The van der Waals surface area contributed by atoms with E-state index in [1.54, 1.807) is 13.2 Å². The normalized spacial score (nSPS) is 19.4. The lowest BCUT2D eigenvalue weighted by Gasteiger charge is -2.29. The van der Waals surface area contributed by atoms with Crippen molar-refractivity contribution in [2.45, 2.75) is 72.0 Å². The van der Waals surface area contributed by atoms with Crippen molar-refractivity contribution in [2.75, 3.05) is 13.7 Å². The number of amides is 2. The molecule has 2 atom stereocenters. The van der Waals surface area contributed by atoms with Crippen LogP contribution in [0.15, 0.2) is 11.6 Å². The van der Waals surface area contributed by atoms with Crippen LogP contribution in [0.2, 0.25) is 0 Å². The monoisotopic (exact) mass is 414 g/mol. The SMILES string of the molecule is COCCn1c(C)cc(/C=C(/C#N)C(=O)NC2CCCC(C(=O)NC(C)C)C2)c1C. The van der Waals surface area contributed by atoms with Crippen molar-refractivity contribution < 1.29 is 14.3 Å². The molecule has 1 aromatic rings. The predicted molar refractivity (Wildman–Crippen MR) is 117 cm³/mol. The highest BCUT2D eigenvalue weighted by molar-refractivity contribution is 6.02. The van der Waals surface area contributed by atoms with Crippen LogP contribution >= 0.6 is 0 Å². The van der Waals surface area contributed by atoms with Crippen molar-refractivity contribution in [2.24, 2.45) is 5.92 Å². The van der Waals surface area contributed by atoms with Crippen molar-refractivity contribution >= 4 is 17.9 Å². The van der Waals surface area contributed by atoms with Crippen LogP contribution in [0.25, 0.3) is 6.08 Å². The molecule has 0 aromatic carbocycles. The van der Waals surface area contributed by atoms with E-state index < -0.39 is 0 Å². The molecule has 1 aromatic heterocycles. The van der Waals surface area contributed by atoms with E-state index in [4.69, 9.17) is 4.74 Å². The zero-order chi connectivity index (χ0) is 22.3. The molecule has 2 rings (SSSR count). The first-order valence-electron chi connectivity index (χ1n) is 10.7. The van der Waals surface area contributed by atoms with Gasteiger partial charge in [0.25, 0.3) is 5.91 Å². The smallest absolute Gasteiger partial charge is 0.262 e. The van der Waals surface area contributed by atoms with Gasteiger partial charge in [-0.05, 0) is 64.7 Å². The van der Waals surface area contributed by atoms with Crippen molar-refractivity contribution in [3.8, 4) is 6.07 Å². The molecular weight excluding hydrogens is 380 g/mol. The fourth-order valence-electron chi connectivity index (χ4n) is 4.03. The number of methoxy groups -OCH3 is 1. The van der Waals surface area contributed by atoms with Crippen LogP contribution in [0.5, 0.6) is 0 Å². The van der Waals surface area contributed by atoms with E-state index >= 15 is 0 Å². The van der Waals surface area contributed by atoms with Gasteiger partial charge in [-0.15, -0.1) is 0 Å². The molecule has 1 aliphatic rings. The molecule has 0 saturated heterocycles. The number of nitriles is 1. The number of ether oxygens (including phenoxy) is 1. The highest BCUT2D eigenvalue weighted by Crippen LogP contribution is 2.25. The first-order chi connectivity index (χ1) is 14.3. The van der Waals surface area contributed by atoms with Gasteiger partial charge in [-0.25, -0.2) is 0 Å². The van der Waals surface area contributed by atoms with Crippen LogP contribution < -0.4 is 10.6 Å². The molecule has 0 aliphatic heterocycles. The van der Waals surface area contributed by atoms with Gasteiger partial charge in [0, 0.05) is 43.0 Å². The average molecular weight is 415 g/mol. The van der Waals surface area contributed by atoms with Crippen LogP contribution in [0.1, 0.15) is 56.5 Å². The molecule has 1 aliphatic carbocycles. The van der Waals surface area contributed by atoms with Crippen LogP contribution in [-0.4, -0.2) is 42.2 Å². The fourth-order valence-corrected chi connectivity index (χ4v) is 4.03. The number of nitrogens with zero attached hydrogens (tertiary/aromatic N) is 2. The first-order valence-corrected chi connectivity index (χ1v) is 10.7. The molecular formula is C23H34N4O3. The highest BCUT2D eigenvalue weighted by atomic mass is 16.5. The Kier molecular flexibility index (Phi) is 8.67. The molecule has 2 N–H and O–H groups in total. The summed E-state index contributed by atoms with van der Waals surface area (Å²) in [5.41, 5.74) is 2.98. The van der Waals surface area contributed by atoms with Crippen LogP contribution in [-0.2, 0) is 20.9 Å². The van der Waals surface area contributed by atoms with E-state index in [0.717, 1.165) is 42.8 Å². The number of hydrogen-bond acceptors (Lipinski definition) is 4. The fraction of sp³-hybridized carbons (Fsp3) is 0.609. The summed E-state index contributed by atoms with van der Waals surface area (Å²) in [6, 6.07) is 4.01. The van der Waals surface area contributed by atoms with E-state index in [1.807, 2.05) is 39.8 Å². The third-order valence-electron chi connectivity index (χ3n) is 5.61. The molecule has 1 fully saturated rings. The van der Waals surface area contributed by atoms with Gasteiger partial charge in [-0.1, -0.05) is 6.42 Å². The summed E-state index contributed by atoms with van der Waals surface area (Å²) in [4.78, 5) is 25.1. The summed E-state index contributed by atoms with van der Waals surface area (Å²) in [7, 11) is 1.66. The number of nitrogens with one attached hydrogen (secondary N) is 2. The number of rotatable bonds is 8. The Labute approximate surface area is 179 Å². The Balaban J connectivity index is 2.08. The number of hydrogen-bond donors (Lipinski definition) is 2. The van der Waals surface area contributed by atoms with Crippen LogP contribution in [0.4, 0.5) is 0 Å². The topological polar surface area (TPSA) is 96.2 Å². The Morgan fingerprint density at radius 2 is 2.10 bits per heavy atom. The zero-order valence-electron chi connectivity index (χ0n) is 18.7. The van der Waals surface area contributed by atoms with E-state index in [-0.39, 0.29) is 35.4 Å². The van der Waals surface area contributed by atoms with E-state index in [9.17, 15) is 14.9 Å². The second-order valence-corrected chi connectivity index (χ2v) is 8.34. The third-order valence-corrected chi connectivity index (χ3v) is 5.61.